The highest BCUT2D eigenvalue weighted by molar-refractivity contribution is 6.31. The van der Waals surface area contributed by atoms with Crippen molar-refractivity contribution in [3.8, 4) is 22.8 Å². The Morgan fingerprint density at radius 2 is 1.97 bits per heavy atom. The van der Waals surface area contributed by atoms with Crippen LogP contribution in [-0.2, 0) is 13.2 Å². The number of fused-ring (bicyclic) bond motifs is 5. The molecule has 0 atom stereocenters. The molecule has 0 fully saturated rings. The second kappa shape index (κ2) is 7.38. The van der Waals surface area contributed by atoms with Crippen molar-refractivity contribution in [1.82, 2.24) is 24.3 Å². The molecule has 2 aromatic carbocycles. The molecule has 2 aromatic heterocycles. The number of halogens is 3. The number of nitrogens with zero attached hydrogens (tertiary/aromatic N) is 5. The average molecular weight is 426 g/mol. The minimum Gasteiger partial charge on any atom is -0.486 e. The molecular weight excluding hydrogens is 412 g/mol. The summed E-state index contributed by atoms with van der Waals surface area (Å²) in [6.45, 7) is 0.422. The summed E-state index contributed by atoms with van der Waals surface area (Å²) < 4.78 is 35.4. The van der Waals surface area contributed by atoms with Gasteiger partial charge in [0.2, 0.25) is 0 Å². The van der Waals surface area contributed by atoms with Crippen LogP contribution in [0.5, 0.6) is 5.75 Å². The number of aromatic nitrogens is 5. The second-order valence-electron chi connectivity index (χ2n) is 6.67. The minimum atomic E-state index is -1.81. The Bertz CT molecular complexity index is 1260. The predicted molar refractivity (Wildman–Crippen MR) is 108 cm³/mol. The number of para-hydroxylation sites is 1. The number of ether oxygens (including phenoxy) is 1. The Hall–Kier alpha value is -3.52. The molecule has 30 heavy (non-hydrogen) atoms. The van der Waals surface area contributed by atoms with Crippen LogP contribution in [0.2, 0.25) is 5.02 Å². The molecule has 0 radical (unpaired) electrons. The average Bonchev–Trinajstić information content (AvgIpc) is 3.28. The van der Waals surface area contributed by atoms with Crippen LogP contribution >= 0.6 is 11.6 Å². The molecule has 0 N–H and O–H groups in total. The van der Waals surface area contributed by atoms with Crippen LogP contribution in [0.4, 0.5) is 8.78 Å². The molecule has 150 valence electrons. The van der Waals surface area contributed by atoms with Gasteiger partial charge in [-0.3, -0.25) is 0 Å². The van der Waals surface area contributed by atoms with Gasteiger partial charge in [0.05, 0.1) is 23.6 Å². The summed E-state index contributed by atoms with van der Waals surface area (Å²) in [4.78, 5) is 4.17. The number of rotatable bonds is 4. The topological polar surface area (TPSA) is 57.8 Å². The van der Waals surface area contributed by atoms with Gasteiger partial charge in [-0.1, -0.05) is 29.8 Å². The molecule has 0 saturated carbocycles. The van der Waals surface area contributed by atoms with Crippen molar-refractivity contribution in [3.63, 3.8) is 0 Å². The number of imidazole rings is 1. The summed E-state index contributed by atoms with van der Waals surface area (Å²) in [5.41, 5.74) is 2.24. The minimum absolute atomic E-state index is 0.170. The van der Waals surface area contributed by atoms with Gasteiger partial charge in [0.25, 0.3) is 6.08 Å². The van der Waals surface area contributed by atoms with E-state index in [4.69, 9.17) is 16.3 Å². The fourth-order valence-corrected chi connectivity index (χ4v) is 3.67. The third-order valence-corrected chi connectivity index (χ3v) is 5.09. The lowest BCUT2D eigenvalue weighted by Gasteiger charge is -2.10. The lowest BCUT2D eigenvalue weighted by Crippen LogP contribution is -2.10. The molecule has 3 heterocycles. The summed E-state index contributed by atoms with van der Waals surface area (Å²) in [5, 5.41) is 9.16. The molecule has 0 amide bonds. The molecule has 5 rings (SSSR count). The van der Waals surface area contributed by atoms with Gasteiger partial charge < -0.3 is 13.9 Å². The maximum absolute atomic E-state index is 13.0. The molecular formula is C21H14ClF2N5O. The standard InChI is InChI=1S/C21H14ClF2N5O/c22-13-6-7-17-15(8-13)21-27-26-20(11-30-14-4-2-1-3-5-14)28(21)10-18-16(9-19(23)24)25-12-29(17)18/h1-9,12H,10-11H2. The van der Waals surface area contributed by atoms with Crippen LogP contribution in [0.15, 0.2) is 60.9 Å². The van der Waals surface area contributed by atoms with Crippen LogP contribution in [0.1, 0.15) is 17.2 Å². The zero-order valence-electron chi connectivity index (χ0n) is 15.5. The van der Waals surface area contributed by atoms with Crippen LogP contribution in [0.3, 0.4) is 0 Å². The van der Waals surface area contributed by atoms with Crippen molar-refractivity contribution < 1.29 is 13.5 Å². The monoisotopic (exact) mass is 425 g/mol. The van der Waals surface area contributed by atoms with Crippen molar-refractivity contribution >= 4 is 17.7 Å². The summed E-state index contributed by atoms with van der Waals surface area (Å²) >= 11 is 6.23. The van der Waals surface area contributed by atoms with Crippen molar-refractivity contribution in [2.24, 2.45) is 0 Å². The predicted octanol–water partition coefficient (Wildman–Crippen LogP) is 4.96. The molecule has 9 heteroatoms. The van der Waals surface area contributed by atoms with E-state index < -0.39 is 6.08 Å². The van der Waals surface area contributed by atoms with Gasteiger partial charge in [-0.25, -0.2) is 4.98 Å². The van der Waals surface area contributed by atoms with Crippen LogP contribution < -0.4 is 4.74 Å². The van der Waals surface area contributed by atoms with Gasteiger partial charge in [-0.2, -0.15) is 8.78 Å². The van der Waals surface area contributed by atoms with E-state index in [9.17, 15) is 8.78 Å². The SMILES string of the molecule is FC(F)=Cc1ncn2c1Cn1c(COc3ccccc3)nnc1-c1cc(Cl)ccc1-2. The van der Waals surface area contributed by atoms with E-state index in [2.05, 4.69) is 15.2 Å². The highest BCUT2D eigenvalue weighted by Gasteiger charge is 2.26. The van der Waals surface area contributed by atoms with Crippen molar-refractivity contribution in [3.05, 3.63) is 83.2 Å². The first-order chi connectivity index (χ1) is 14.6. The van der Waals surface area contributed by atoms with Crippen LogP contribution in [-0.4, -0.2) is 24.3 Å². The van der Waals surface area contributed by atoms with E-state index in [1.165, 1.54) is 6.33 Å². The largest absolute Gasteiger partial charge is 0.486 e. The molecule has 0 bridgehead atoms. The first-order valence-electron chi connectivity index (χ1n) is 9.09. The lowest BCUT2D eigenvalue weighted by molar-refractivity contribution is 0.290. The van der Waals surface area contributed by atoms with E-state index in [-0.39, 0.29) is 18.8 Å². The highest BCUT2D eigenvalue weighted by atomic mass is 35.5. The maximum atomic E-state index is 13.0. The number of hydrogen-bond donors (Lipinski definition) is 0. The summed E-state index contributed by atoms with van der Waals surface area (Å²) in [7, 11) is 0. The Kier molecular flexibility index (Phi) is 4.55. The Labute approximate surface area is 175 Å². The first kappa shape index (κ1) is 18.5. The molecule has 0 aliphatic carbocycles. The van der Waals surface area contributed by atoms with Crippen molar-refractivity contribution in [2.75, 3.05) is 0 Å². The third kappa shape index (κ3) is 3.25. The third-order valence-electron chi connectivity index (χ3n) is 4.85. The van der Waals surface area contributed by atoms with Gasteiger partial charge >= 0.3 is 0 Å². The first-order valence-corrected chi connectivity index (χ1v) is 9.47. The zero-order valence-corrected chi connectivity index (χ0v) is 16.2. The van der Waals surface area contributed by atoms with Gasteiger partial charge in [-0.15, -0.1) is 10.2 Å². The fraction of sp³-hybridized carbons (Fsp3) is 0.0952. The maximum Gasteiger partial charge on any atom is 0.272 e. The number of hydrogen-bond acceptors (Lipinski definition) is 4. The lowest BCUT2D eigenvalue weighted by atomic mass is 10.1. The molecule has 1 aliphatic rings. The molecule has 0 unspecified atom stereocenters. The van der Waals surface area contributed by atoms with Crippen LogP contribution in [0, 0.1) is 0 Å². The second-order valence-corrected chi connectivity index (χ2v) is 7.11. The Morgan fingerprint density at radius 1 is 1.13 bits per heavy atom. The quantitative estimate of drug-likeness (QED) is 0.408. The molecule has 6 nitrogen and oxygen atoms in total. The van der Waals surface area contributed by atoms with Gasteiger partial charge in [0, 0.05) is 16.7 Å². The Balaban J connectivity index is 1.63. The van der Waals surface area contributed by atoms with Gasteiger partial charge in [0.1, 0.15) is 18.7 Å². The van der Waals surface area contributed by atoms with Crippen LogP contribution in [0.25, 0.3) is 23.2 Å². The van der Waals surface area contributed by atoms with E-state index in [1.807, 2.05) is 41.0 Å². The summed E-state index contributed by atoms with van der Waals surface area (Å²) in [6.07, 6.45) is 0.474. The molecule has 0 spiro atoms. The van der Waals surface area contributed by atoms with Gasteiger partial charge in [0.15, 0.2) is 11.6 Å². The van der Waals surface area contributed by atoms with E-state index >= 15 is 0 Å². The number of benzene rings is 2. The van der Waals surface area contributed by atoms with Crippen molar-refractivity contribution in [2.45, 2.75) is 13.2 Å². The summed E-state index contributed by atoms with van der Waals surface area (Å²) in [6, 6.07) is 14.7. The molecule has 4 aromatic rings. The molecule has 1 aliphatic heterocycles. The zero-order chi connectivity index (χ0) is 20.7. The Morgan fingerprint density at radius 3 is 2.77 bits per heavy atom. The van der Waals surface area contributed by atoms with E-state index in [0.29, 0.717) is 28.1 Å². The van der Waals surface area contributed by atoms with E-state index in [0.717, 1.165) is 17.3 Å². The highest BCUT2D eigenvalue weighted by Crippen LogP contribution is 2.34. The normalized spacial score (nSPS) is 11.8. The van der Waals surface area contributed by atoms with E-state index in [1.54, 1.807) is 16.7 Å². The van der Waals surface area contributed by atoms with Crippen molar-refractivity contribution in [1.29, 1.82) is 0 Å². The van der Waals surface area contributed by atoms with Gasteiger partial charge in [-0.05, 0) is 30.3 Å². The molecule has 0 saturated heterocycles. The smallest absolute Gasteiger partial charge is 0.272 e. The summed E-state index contributed by atoms with van der Waals surface area (Å²) in [5.74, 6) is 1.84. The fourth-order valence-electron chi connectivity index (χ4n) is 3.50.